The van der Waals surface area contributed by atoms with Crippen molar-refractivity contribution in [2.45, 2.75) is 43.2 Å². The second kappa shape index (κ2) is 7.14. The molecule has 2 heterocycles. The van der Waals surface area contributed by atoms with Crippen molar-refractivity contribution < 1.29 is 13.2 Å². The van der Waals surface area contributed by atoms with Gasteiger partial charge in [-0.15, -0.1) is 0 Å². The van der Waals surface area contributed by atoms with Crippen molar-refractivity contribution in [1.29, 1.82) is 0 Å². The van der Waals surface area contributed by atoms with E-state index in [1.807, 2.05) is 25.1 Å². The number of sulfonamides is 1. The van der Waals surface area contributed by atoms with Crippen LogP contribution in [0.15, 0.2) is 59.5 Å². The summed E-state index contributed by atoms with van der Waals surface area (Å²) in [6.45, 7) is 3.08. The molecule has 0 amide bonds. The van der Waals surface area contributed by atoms with Crippen LogP contribution in [0.25, 0.3) is 0 Å². The number of hydrogen-bond acceptors (Lipinski definition) is 3. The molecule has 2 saturated heterocycles. The van der Waals surface area contributed by atoms with Crippen molar-refractivity contribution in [3.63, 3.8) is 0 Å². The van der Waals surface area contributed by atoms with Crippen molar-refractivity contribution in [3.8, 4) is 0 Å². The molecule has 26 heavy (non-hydrogen) atoms. The zero-order valence-corrected chi connectivity index (χ0v) is 15.9. The molecule has 0 spiro atoms. The fraction of sp³-hybridized carbons (Fsp3) is 0.429. The number of nitrogens with zero attached hydrogens (tertiary/aromatic N) is 1. The smallest absolute Gasteiger partial charge is 0.245 e. The van der Waals surface area contributed by atoms with Crippen LogP contribution in [0.4, 0.5) is 0 Å². The molecule has 2 aromatic carbocycles. The van der Waals surface area contributed by atoms with Crippen LogP contribution in [0.3, 0.4) is 0 Å². The van der Waals surface area contributed by atoms with Crippen molar-refractivity contribution in [2.24, 2.45) is 5.92 Å². The van der Waals surface area contributed by atoms with E-state index in [2.05, 4.69) is 24.3 Å². The van der Waals surface area contributed by atoms with Crippen molar-refractivity contribution in [2.75, 3.05) is 13.2 Å². The Morgan fingerprint density at radius 3 is 2.46 bits per heavy atom. The molecule has 0 radical (unpaired) electrons. The number of ether oxygens (including phenoxy) is 1. The maximum absolute atomic E-state index is 13.2. The molecule has 138 valence electrons. The third-order valence-corrected chi connectivity index (χ3v) is 7.53. The molecular formula is C21H25NO3S. The number of piperidine rings is 1. The third kappa shape index (κ3) is 3.20. The Morgan fingerprint density at radius 1 is 1.00 bits per heavy atom. The normalized spacial score (nSPS) is 27.0. The van der Waals surface area contributed by atoms with E-state index in [0.29, 0.717) is 24.0 Å². The van der Waals surface area contributed by atoms with Gasteiger partial charge in [0.05, 0.1) is 4.90 Å². The van der Waals surface area contributed by atoms with Crippen LogP contribution in [-0.4, -0.2) is 32.1 Å². The van der Waals surface area contributed by atoms with Crippen molar-refractivity contribution in [3.05, 3.63) is 65.7 Å². The standard InChI is InChI=1S/C21H25NO3S/c1-16-9-11-18(12-10-16)26(23,24)22-14-13-19(17-6-3-2-4-7-17)20-8-5-15-25-21(20)22/h2-4,6-7,9-12,19-21H,5,8,13-15H2,1H3/t19-,20+,21+/m0/s1. The highest BCUT2D eigenvalue weighted by atomic mass is 32.2. The molecule has 0 unspecified atom stereocenters. The van der Waals surface area contributed by atoms with Crippen LogP contribution in [0, 0.1) is 12.8 Å². The monoisotopic (exact) mass is 371 g/mol. The van der Waals surface area contributed by atoms with Gasteiger partial charge < -0.3 is 4.74 Å². The van der Waals surface area contributed by atoms with Gasteiger partial charge >= 0.3 is 0 Å². The summed E-state index contributed by atoms with van der Waals surface area (Å²) < 4.78 is 34.1. The predicted octanol–water partition coefficient (Wildman–Crippen LogP) is 3.93. The average Bonchev–Trinajstić information content (AvgIpc) is 2.68. The first-order valence-corrected chi connectivity index (χ1v) is 10.8. The number of hydrogen-bond donors (Lipinski definition) is 0. The number of fused-ring (bicyclic) bond motifs is 1. The summed E-state index contributed by atoms with van der Waals surface area (Å²) in [5.74, 6) is 0.561. The summed E-state index contributed by atoms with van der Waals surface area (Å²) >= 11 is 0. The van der Waals surface area contributed by atoms with Crippen LogP contribution >= 0.6 is 0 Å². The molecule has 2 aromatic rings. The Labute approximate surface area is 155 Å². The lowest BCUT2D eigenvalue weighted by Gasteiger charge is -2.46. The fourth-order valence-electron chi connectivity index (χ4n) is 4.31. The maximum Gasteiger partial charge on any atom is 0.245 e. The summed E-state index contributed by atoms with van der Waals surface area (Å²) in [5, 5.41) is 0. The van der Waals surface area contributed by atoms with E-state index >= 15 is 0 Å². The Kier molecular flexibility index (Phi) is 4.86. The lowest BCUT2D eigenvalue weighted by Crippen LogP contribution is -2.53. The van der Waals surface area contributed by atoms with Gasteiger partial charge in [0.25, 0.3) is 0 Å². The molecule has 0 aliphatic carbocycles. The minimum atomic E-state index is -3.55. The highest BCUT2D eigenvalue weighted by Gasteiger charge is 2.45. The van der Waals surface area contributed by atoms with E-state index in [1.165, 1.54) is 5.56 Å². The van der Waals surface area contributed by atoms with Gasteiger partial charge in [-0.1, -0.05) is 48.0 Å². The molecule has 2 aliphatic heterocycles. The minimum absolute atomic E-state index is 0.208. The molecule has 5 heteroatoms. The summed E-state index contributed by atoms with van der Waals surface area (Å²) in [6, 6.07) is 17.5. The van der Waals surface area contributed by atoms with Gasteiger partial charge in [-0.2, -0.15) is 4.31 Å². The Hall–Kier alpha value is -1.69. The summed E-state index contributed by atoms with van der Waals surface area (Å²) in [6.07, 6.45) is 2.46. The fourth-order valence-corrected chi connectivity index (χ4v) is 5.90. The van der Waals surface area contributed by atoms with E-state index < -0.39 is 10.0 Å². The molecule has 4 rings (SSSR count). The van der Waals surface area contributed by atoms with Crippen LogP contribution in [-0.2, 0) is 14.8 Å². The quantitative estimate of drug-likeness (QED) is 0.821. The van der Waals surface area contributed by atoms with Gasteiger partial charge in [0.15, 0.2) is 0 Å². The highest BCUT2D eigenvalue weighted by Crippen LogP contribution is 2.43. The van der Waals surface area contributed by atoms with Gasteiger partial charge in [-0.25, -0.2) is 8.42 Å². The van der Waals surface area contributed by atoms with Crippen molar-refractivity contribution in [1.82, 2.24) is 4.31 Å². The molecule has 0 bridgehead atoms. The number of aryl methyl sites for hydroxylation is 1. The molecular weight excluding hydrogens is 346 g/mol. The second-order valence-corrected chi connectivity index (χ2v) is 9.19. The zero-order chi connectivity index (χ0) is 18.1. The average molecular weight is 372 g/mol. The molecule has 3 atom stereocenters. The SMILES string of the molecule is Cc1ccc(S(=O)(=O)N2CC[C@@H](c3ccccc3)[C@H]3CCCO[C@H]32)cc1. The lowest BCUT2D eigenvalue weighted by atomic mass is 9.77. The minimum Gasteiger partial charge on any atom is -0.362 e. The highest BCUT2D eigenvalue weighted by molar-refractivity contribution is 7.89. The molecule has 2 fully saturated rings. The zero-order valence-electron chi connectivity index (χ0n) is 15.0. The number of rotatable bonds is 3. The largest absolute Gasteiger partial charge is 0.362 e. The molecule has 4 nitrogen and oxygen atoms in total. The topological polar surface area (TPSA) is 46.6 Å². The van der Waals surface area contributed by atoms with Gasteiger partial charge in [0.2, 0.25) is 10.0 Å². The summed E-state index contributed by atoms with van der Waals surface area (Å²) in [5.41, 5.74) is 2.35. The summed E-state index contributed by atoms with van der Waals surface area (Å²) in [4.78, 5) is 0.356. The van der Waals surface area contributed by atoms with E-state index in [9.17, 15) is 8.42 Å². The first-order valence-electron chi connectivity index (χ1n) is 9.32. The van der Waals surface area contributed by atoms with Gasteiger partial charge in [-0.3, -0.25) is 0 Å². The maximum atomic E-state index is 13.2. The van der Waals surface area contributed by atoms with Gasteiger partial charge in [0, 0.05) is 19.1 Å². The van der Waals surface area contributed by atoms with Crippen molar-refractivity contribution >= 4 is 10.0 Å². The first-order chi connectivity index (χ1) is 12.6. The van der Waals surface area contributed by atoms with Crippen LogP contribution in [0.1, 0.15) is 36.3 Å². The van der Waals surface area contributed by atoms with Crippen LogP contribution in [0.5, 0.6) is 0 Å². The third-order valence-electron chi connectivity index (χ3n) is 5.65. The molecule has 0 N–H and O–H groups in total. The Bertz CT molecular complexity index is 849. The Balaban J connectivity index is 1.66. The Morgan fingerprint density at radius 2 is 1.73 bits per heavy atom. The van der Waals surface area contributed by atoms with E-state index in [-0.39, 0.29) is 12.1 Å². The molecule has 0 saturated carbocycles. The van der Waals surface area contributed by atoms with Gasteiger partial charge in [0.1, 0.15) is 6.23 Å². The summed E-state index contributed by atoms with van der Waals surface area (Å²) in [7, 11) is -3.55. The van der Waals surface area contributed by atoms with E-state index in [0.717, 1.165) is 24.8 Å². The molecule has 0 aromatic heterocycles. The molecule has 2 aliphatic rings. The van der Waals surface area contributed by atoms with Gasteiger partial charge in [-0.05, 0) is 49.8 Å². The lowest BCUT2D eigenvalue weighted by molar-refractivity contribution is -0.113. The van der Waals surface area contributed by atoms with E-state index in [4.69, 9.17) is 4.74 Å². The second-order valence-electron chi connectivity index (χ2n) is 7.30. The van der Waals surface area contributed by atoms with Crippen LogP contribution < -0.4 is 0 Å². The van der Waals surface area contributed by atoms with E-state index in [1.54, 1.807) is 16.4 Å². The van der Waals surface area contributed by atoms with Crippen LogP contribution in [0.2, 0.25) is 0 Å². The number of benzene rings is 2. The first kappa shape index (κ1) is 17.7. The predicted molar refractivity (Wildman–Crippen MR) is 101 cm³/mol.